The number of phenols is 1. The summed E-state index contributed by atoms with van der Waals surface area (Å²) >= 11 is 0. The molecule has 1 aromatic rings. The van der Waals surface area contributed by atoms with E-state index in [-0.39, 0.29) is 17.1 Å². The number of hydrogen-bond acceptors (Lipinski definition) is 5. The molecule has 1 amide bonds. The lowest BCUT2D eigenvalue weighted by molar-refractivity contribution is -0.384. The fourth-order valence-corrected chi connectivity index (χ4v) is 1.77. The van der Waals surface area contributed by atoms with E-state index >= 15 is 0 Å². The molecular weight excluding hydrogens is 238 g/mol. The van der Waals surface area contributed by atoms with Crippen molar-refractivity contribution in [1.29, 1.82) is 0 Å². The number of nitrogens with one attached hydrogen (secondary N) is 1. The zero-order valence-corrected chi connectivity index (χ0v) is 9.55. The second-order valence-electron chi connectivity index (χ2n) is 4.42. The van der Waals surface area contributed by atoms with Gasteiger partial charge in [-0.15, -0.1) is 0 Å². The molecule has 18 heavy (non-hydrogen) atoms. The number of phenolic OH excluding ortho intramolecular Hbond substituents is 1. The highest BCUT2D eigenvalue weighted by Crippen LogP contribution is 2.33. The Labute approximate surface area is 103 Å². The third-order valence-corrected chi connectivity index (χ3v) is 3.14. The first kappa shape index (κ1) is 12.3. The van der Waals surface area contributed by atoms with Gasteiger partial charge >= 0.3 is 0 Å². The van der Waals surface area contributed by atoms with Gasteiger partial charge in [-0.25, -0.2) is 0 Å². The number of nitro groups is 1. The number of nitrogens with two attached hydrogens (primary N) is 1. The molecular formula is C11H13N3O4. The molecule has 0 heterocycles. The van der Waals surface area contributed by atoms with Crippen LogP contribution in [0.2, 0.25) is 0 Å². The molecule has 7 nitrogen and oxygen atoms in total. The van der Waals surface area contributed by atoms with Crippen molar-refractivity contribution >= 4 is 17.3 Å². The number of benzene rings is 1. The van der Waals surface area contributed by atoms with E-state index in [9.17, 15) is 20.0 Å². The van der Waals surface area contributed by atoms with Crippen molar-refractivity contribution in [2.75, 3.05) is 5.32 Å². The summed E-state index contributed by atoms with van der Waals surface area (Å²) in [7, 11) is 0. The molecule has 1 saturated carbocycles. The second kappa shape index (κ2) is 4.26. The molecule has 0 spiro atoms. The van der Waals surface area contributed by atoms with Crippen LogP contribution in [0.5, 0.6) is 5.75 Å². The van der Waals surface area contributed by atoms with E-state index in [1.54, 1.807) is 0 Å². The monoisotopic (exact) mass is 251 g/mol. The average molecular weight is 251 g/mol. The maximum atomic E-state index is 11.8. The Morgan fingerprint density at radius 2 is 2.17 bits per heavy atom. The van der Waals surface area contributed by atoms with Crippen LogP contribution in [-0.4, -0.2) is 21.5 Å². The molecule has 0 unspecified atom stereocenters. The first-order valence-corrected chi connectivity index (χ1v) is 5.50. The van der Waals surface area contributed by atoms with Gasteiger partial charge in [-0.05, 0) is 25.3 Å². The highest BCUT2D eigenvalue weighted by molar-refractivity contribution is 5.99. The zero-order valence-electron chi connectivity index (χ0n) is 9.55. The number of nitro benzene ring substituents is 1. The van der Waals surface area contributed by atoms with Gasteiger partial charge in [-0.3, -0.25) is 14.9 Å². The van der Waals surface area contributed by atoms with Crippen molar-refractivity contribution in [2.45, 2.75) is 24.8 Å². The van der Waals surface area contributed by atoms with E-state index in [1.807, 2.05) is 0 Å². The van der Waals surface area contributed by atoms with Crippen LogP contribution in [-0.2, 0) is 4.79 Å². The van der Waals surface area contributed by atoms with Crippen LogP contribution in [0.3, 0.4) is 0 Å². The molecule has 7 heteroatoms. The van der Waals surface area contributed by atoms with Gasteiger partial charge in [-0.1, -0.05) is 0 Å². The normalized spacial score (nSPS) is 16.7. The van der Waals surface area contributed by atoms with Gasteiger partial charge in [0.1, 0.15) is 5.75 Å². The SMILES string of the molecule is NC1(C(=O)Nc2cc([N+](=O)[O-])ccc2O)CCC1. The van der Waals surface area contributed by atoms with Crippen molar-refractivity contribution in [3.63, 3.8) is 0 Å². The number of anilines is 1. The molecule has 1 aromatic carbocycles. The Kier molecular flexibility index (Phi) is 2.92. The number of carbonyl (C=O) groups excluding carboxylic acids is 1. The van der Waals surface area contributed by atoms with Gasteiger partial charge in [0.2, 0.25) is 5.91 Å². The smallest absolute Gasteiger partial charge is 0.271 e. The minimum atomic E-state index is -0.920. The predicted octanol–water partition coefficient (Wildman–Crippen LogP) is 1.12. The van der Waals surface area contributed by atoms with Gasteiger partial charge in [-0.2, -0.15) is 0 Å². The summed E-state index contributed by atoms with van der Waals surface area (Å²) in [6, 6.07) is 3.43. The number of non-ortho nitro benzene ring substituents is 1. The fourth-order valence-electron chi connectivity index (χ4n) is 1.77. The van der Waals surface area contributed by atoms with Gasteiger partial charge < -0.3 is 16.2 Å². The van der Waals surface area contributed by atoms with E-state index in [0.29, 0.717) is 12.8 Å². The molecule has 1 fully saturated rings. The lowest BCUT2D eigenvalue weighted by Crippen LogP contribution is -2.56. The van der Waals surface area contributed by atoms with Crippen LogP contribution in [0.4, 0.5) is 11.4 Å². The van der Waals surface area contributed by atoms with E-state index in [1.165, 1.54) is 0 Å². The number of carbonyl (C=O) groups is 1. The topological polar surface area (TPSA) is 118 Å². The lowest BCUT2D eigenvalue weighted by Gasteiger charge is -2.36. The highest BCUT2D eigenvalue weighted by Gasteiger charge is 2.40. The van der Waals surface area contributed by atoms with Gasteiger partial charge in [0, 0.05) is 12.1 Å². The van der Waals surface area contributed by atoms with E-state index in [0.717, 1.165) is 24.6 Å². The summed E-state index contributed by atoms with van der Waals surface area (Å²) in [5.74, 6) is -0.651. The second-order valence-corrected chi connectivity index (χ2v) is 4.42. The van der Waals surface area contributed by atoms with Crippen LogP contribution in [0, 0.1) is 10.1 Å². The van der Waals surface area contributed by atoms with Crippen molar-refractivity contribution in [1.82, 2.24) is 0 Å². The highest BCUT2D eigenvalue weighted by atomic mass is 16.6. The zero-order chi connectivity index (χ0) is 13.3. The number of aromatic hydroxyl groups is 1. The maximum absolute atomic E-state index is 11.8. The first-order valence-electron chi connectivity index (χ1n) is 5.50. The Hall–Kier alpha value is -2.15. The summed E-state index contributed by atoms with van der Waals surface area (Å²) in [6.07, 6.45) is 2.04. The summed E-state index contributed by atoms with van der Waals surface area (Å²) in [4.78, 5) is 21.8. The van der Waals surface area contributed by atoms with Crippen LogP contribution in [0.1, 0.15) is 19.3 Å². The van der Waals surface area contributed by atoms with Crippen molar-refractivity contribution in [3.05, 3.63) is 28.3 Å². The molecule has 0 radical (unpaired) electrons. The Balaban J connectivity index is 2.20. The summed E-state index contributed by atoms with van der Waals surface area (Å²) in [5, 5.41) is 22.6. The van der Waals surface area contributed by atoms with Gasteiger partial charge in [0.05, 0.1) is 16.1 Å². The molecule has 0 atom stereocenters. The minimum Gasteiger partial charge on any atom is -0.506 e. The van der Waals surface area contributed by atoms with Gasteiger partial charge in [0.15, 0.2) is 0 Å². The van der Waals surface area contributed by atoms with E-state index in [2.05, 4.69) is 5.32 Å². The average Bonchev–Trinajstić information content (AvgIpc) is 2.28. The van der Waals surface area contributed by atoms with Crippen LogP contribution < -0.4 is 11.1 Å². The molecule has 0 saturated heterocycles. The summed E-state index contributed by atoms with van der Waals surface area (Å²) in [6.45, 7) is 0. The summed E-state index contributed by atoms with van der Waals surface area (Å²) < 4.78 is 0. The molecule has 0 aromatic heterocycles. The standard InChI is InChI=1S/C11H13N3O4/c12-11(4-1-5-11)10(16)13-8-6-7(14(17)18)2-3-9(8)15/h2-3,6,15H,1,4-5,12H2,(H,13,16). The Morgan fingerprint density at radius 1 is 1.50 bits per heavy atom. The molecule has 96 valence electrons. The predicted molar refractivity (Wildman–Crippen MR) is 64.2 cm³/mol. The molecule has 0 bridgehead atoms. The minimum absolute atomic E-state index is 0.00549. The quantitative estimate of drug-likeness (QED) is 0.422. The van der Waals surface area contributed by atoms with Gasteiger partial charge in [0.25, 0.3) is 5.69 Å². The van der Waals surface area contributed by atoms with Crippen molar-refractivity contribution < 1.29 is 14.8 Å². The van der Waals surface area contributed by atoms with Crippen molar-refractivity contribution in [2.24, 2.45) is 5.73 Å². The number of hydrogen-bond donors (Lipinski definition) is 3. The number of rotatable bonds is 3. The van der Waals surface area contributed by atoms with Crippen LogP contribution in [0.25, 0.3) is 0 Å². The Morgan fingerprint density at radius 3 is 2.67 bits per heavy atom. The third kappa shape index (κ3) is 2.12. The van der Waals surface area contributed by atoms with E-state index < -0.39 is 16.4 Å². The summed E-state index contributed by atoms with van der Waals surface area (Å²) in [5.41, 5.74) is 4.69. The third-order valence-electron chi connectivity index (χ3n) is 3.14. The molecule has 0 aliphatic heterocycles. The largest absolute Gasteiger partial charge is 0.506 e. The maximum Gasteiger partial charge on any atom is 0.271 e. The fraction of sp³-hybridized carbons (Fsp3) is 0.364. The number of amides is 1. The van der Waals surface area contributed by atoms with Crippen LogP contribution >= 0.6 is 0 Å². The molecule has 2 rings (SSSR count). The first-order chi connectivity index (χ1) is 8.42. The van der Waals surface area contributed by atoms with E-state index in [4.69, 9.17) is 5.73 Å². The van der Waals surface area contributed by atoms with Crippen molar-refractivity contribution in [3.8, 4) is 5.75 Å². The Bertz CT molecular complexity index is 511. The molecule has 1 aliphatic carbocycles. The molecule has 1 aliphatic rings. The van der Waals surface area contributed by atoms with Crippen LogP contribution in [0.15, 0.2) is 18.2 Å². The molecule has 4 N–H and O–H groups in total. The number of nitrogens with zero attached hydrogens (tertiary/aromatic N) is 1. The lowest BCUT2D eigenvalue weighted by atomic mass is 9.77.